The number of hydrogen-bond donors (Lipinski definition) is 0. The molecule has 1 aromatic carbocycles. The average molecular weight is 259 g/mol. The van der Waals surface area contributed by atoms with Crippen molar-refractivity contribution < 1.29 is 4.74 Å². The summed E-state index contributed by atoms with van der Waals surface area (Å²) in [6, 6.07) is 9.43. The van der Waals surface area contributed by atoms with E-state index in [1.54, 1.807) is 0 Å². The lowest BCUT2D eigenvalue weighted by Gasteiger charge is -2.42. The zero-order chi connectivity index (χ0) is 13.7. The van der Waals surface area contributed by atoms with Crippen molar-refractivity contribution in [3.05, 3.63) is 35.4 Å². The molecule has 0 saturated carbocycles. The van der Waals surface area contributed by atoms with Crippen LogP contribution in [0.4, 0.5) is 0 Å². The van der Waals surface area contributed by atoms with E-state index < -0.39 is 0 Å². The zero-order valence-electron chi connectivity index (χ0n) is 12.6. The van der Waals surface area contributed by atoms with E-state index in [4.69, 9.17) is 4.74 Å². The standard InChI is InChI=1S/C17H25NO/c1-13(2)18-11-9-17(10-12-18)15-8-6-5-7-14(15)16(3,4)19-17/h5-8,13H,9-12H2,1-4H3. The van der Waals surface area contributed by atoms with E-state index in [0.29, 0.717) is 6.04 Å². The van der Waals surface area contributed by atoms with Crippen LogP contribution in [0.1, 0.15) is 51.7 Å². The maximum absolute atomic E-state index is 6.55. The normalized spacial score (nSPS) is 24.9. The third kappa shape index (κ3) is 2.02. The average Bonchev–Trinajstić information content (AvgIpc) is 2.59. The van der Waals surface area contributed by atoms with E-state index in [-0.39, 0.29) is 11.2 Å². The summed E-state index contributed by atoms with van der Waals surface area (Å²) in [7, 11) is 0. The lowest BCUT2D eigenvalue weighted by Crippen LogP contribution is -2.46. The van der Waals surface area contributed by atoms with Gasteiger partial charge in [-0.2, -0.15) is 0 Å². The molecule has 1 saturated heterocycles. The van der Waals surface area contributed by atoms with Crippen molar-refractivity contribution in [3.8, 4) is 0 Å². The molecule has 2 aliphatic heterocycles. The predicted octanol–water partition coefficient (Wildman–Crippen LogP) is 3.65. The van der Waals surface area contributed by atoms with Crippen molar-refractivity contribution in [2.24, 2.45) is 0 Å². The topological polar surface area (TPSA) is 12.5 Å². The van der Waals surface area contributed by atoms with Crippen LogP contribution < -0.4 is 0 Å². The van der Waals surface area contributed by atoms with Crippen LogP contribution in [-0.2, 0) is 15.9 Å². The van der Waals surface area contributed by atoms with E-state index in [9.17, 15) is 0 Å². The fraction of sp³-hybridized carbons (Fsp3) is 0.647. The molecule has 0 radical (unpaired) electrons. The first-order valence-corrected chi connectivity index (χ1v) is 7.49. The van der Waals surface area contributed by atoms with Gasteiger partial charge in [0, 0.05) is 19.1 Å². The van der Waals surface area contributed by atoms with E-state index in [1.807, 2.05) is 0 Å². The summed E-state index contributed by atoms with van der Waals surface area (Å²) in [5.41, 5.74) is 2.64. The van der Waals surface area contributed by atoms with Crippen molar-refractivity contribution in [2.75, 3.05) is 13.1 Å². The number of hydrogen-bond acceptors (Lipinski definition) is 2. The fourth-order valence-electron chi connectivity index (χ4n) is 3.78. The second kappa shape index (κ2) is 4.32. The molecular weight excluding hydrogens is 234 g/mol. The van der Waals surface area contributed by atoms with Gasteiger partial charge in [0.25, 0.3) is 0 Å². The summed E-state index contributed by atoms with van der Waals surface area (Å²) >= 11 is 0. The Labute approximate surface area is 116 Å². The van der Waals surface area contributed by atoms with Crippen LogP contribution in [0, 0.1) is 0 Å². The lowest BCUT2D eigenvalue weighted by molar-refractivity contribution is -0.151. The zero-order valence-corrected chi connectivity index (χ0v) is 12.6. The molecule has 0 aliphatic carbocycles. The van der Waals surface area contributed by atoms with Crippen LogP contribution in [0.5, 0.6) is 0 Å². The molecule has 2 heterocycles. The Morgan fingerprint density at radius 1 is 1.05 bits per heavy atom. The number of rotatable bonds is 1. The molecule has 1 spiro atoms. The van der Waals surface area contributed by atoms with Crippen LogP contribution >= 0.6 is 0 Å². The molecule has 19 heavy (non-hydrogen) atoms. The van der Waals surface area contributed by atoms with Crippen molar-refractivity contribution in [2.45, 2.75) is 57.8 Å². The van der Waals surface area contributed by atoms with Gasteiger partial charge in [0.2, 0.25) is 0 Å². The smallest absolute Gasteiger partial charge is 0.0971 e. The van der Waals surface area contributed by atoms with Gasteiger partial charge in [-0.1, -0.05) is 24.3 Å². The second-order valence-electron chi connectivity index (χ2n) is 6.78. The first-order chi connectivity index (χ1) is 8.95. The van der Waals surface area contributed by atoms with E-state index in [1.165, 1.54) is 11.1 Å². The van der Waals surface area contributed by atoms with Crippen LogP contribution in [0.25, 0.3) is 0 Å². The molecular formula is C17H25NO. The van der Waals surface area contributed by atoms with Gasteiger partial charge in [-0.3, -0.25) is 0 Å². The van der Waals surface area contributed by atoms with Crippen LogP contribution in [-0.4, -0.2) is 24.0 Å². The highest BCUT2D eigenvalue weighted by molar-refractivity contribution is 5.41. The first kappa shape index (κ1) is 13.1. The van der Waals surface area contributed by atoms with Gasteiger partial charge in [0.05, 0.1) is 11.2 Å². The minimum Gasteiger partial charge on any atom is -0.360 e. The third-order valence-corrected chi connectivity index (χ3v) is 4.85. The summed E-state index contributed by atoms with van der Waals surface area (Å²) in [5.74, 6) is 0. The maximum Gasteiger partial charge on any atom is 0.0971 e. The van der Waals surface area contributed by atoms with Gasteiger partial charge in [0.1, 0.15) is 0 Å². The Kier molecular flexibility index (Phi) is 2.99. The van der Waals surface area contributed by atoms with Crippen LogP contribution in [0.3, 0.4) is 0 Å². The van der Waals surface area contributed by atoms with E-state index in [2.05, 4.69) is 56.9 Å². The Hall–Kier alpha value is -0.860. The second-order valence-corrected chi connectivity index (χ2v) is 6.78. The molecule has 2 aliphatic rings. The number of piperidine rings is 1. The molecule has 0 atom stereocenters. The molecule has 1 aromatic rings. The van der Waals surface area contributed by atoms with Crippen molar-refractivity contribution in [1.82, 2.24) is 4.90 Å². The van der Waals surface area contributed by atoms with Gasteiger partial charge in [-0.25, -0.2) is 0 Å². The predicted molar refractivity (Wildman–Crippen MR) is 78.2 cm³/mol. The lowest BCUT2D eigenvalue weighted by atomic mass is 9.82. The molecule has 0 bridgehead atoms. The number of likely N-dealkylation sites (tertiary alicyclic amines) is 1. The largest absolute Gasteiger partial charge is 0.360 e. The Morgan fingerprint density at radius 3 is 2.21 bits per heavy atom. The number of fused-ring (bicyclic) bond motifs is 2. The Bertz CT molecular complexity index is 470. The first-order valence-electron chi connectivity index (χ1n) is 7.49. The SMILES string of the molecule is CC(C)N1CCC2(CC1)OC(C)(C)c1ccccc12. The van der Waals surface area contributed by atoms with E-state index >= 15 is 0 Å². The molecule has 0 aromatic heterocycles. The highest BCUT2D eigenvalue weighted by Gasteiger charge is 2.49. The van der Waals surface area contributed by atoms with Crippen LogP contribution in [0.2, 0.25) is 0 Å². The number of ether oxygens (including phenoxy) is 1. The molecule has 0 unspecified atom stereocenters. The highest BCUT2D eigenvalue weighted by atomic mass is 16.5. The molecule has 0 N–H and O–H groups in total. The summed E-state index contributed by atoms with van der Waals surface area (Å²) in [4.78, 5) is 2.56. The summed E-state index contributed by atoms with van der Waals surface area (Å²) in [5, 5.41) is 0. The molecule has 2 heteroatoms. The Balaban J connectivity index is 1.92. The number of nitrogens with zero attached hydrogens (tertiary/aromatic N) is 1. The highest BCUT2D eigenvalue weighted by Crippen LogP contribution is 2.51. The van der Waals surface area contributed by atoms with Crippen LogP contribution in [0.15, 0.2) is 24.3 Å². The third-order valence-electron chi connectivity index (χ3n) is 4.85. The van der Waals surface area contributed by atoms with Crippen molar-refractivity contribution in [3.63, 3.8) is 0 Å². The van der Waals surface area contributed by atoms with Gasteiger partial charge in [-0.15, -0.1) is 0 Å². The van der Waals surface area contributed by atoms with Crippen molar-refractivity contribution in [1.29, 1.82) is 0 Å². The molecule has 3 rings (SSSR count). The molecule has 2 nitrogen and oxygen atoms in total. The van der Waals surface area contributed by atoms with Gasteiger partial charge in [0.15, 0.2) is 0 Å². The monoisotopic (exact) mass is 259 g/mol. The quantitative estimate of drug-likeness (QED) is 0.763. The molecule has 104 valence electrons. The number of benzene rings is 1. The van der Waals surface area contributed by atoms with E-state index in [0.717, 1.165) is 25.9 Å². The van der Waals surface area contributed by atoms with Gasteiger partial charge < -0.3 is 9.64 Å². The summed E-state index contributed by atoms with van der Waals surface area (Å²) < 4.78 is 6.55. The molecule has 0 amide bonds. The summed E-state index contributed by atoms with van der Waals surface area (Å²) in [6.07, 6.45) is 2.23. The maximum atomic E-state index is 6.55. The Morgan fingerprint density at radius 2 is 1.63 bits per heavy atom. The minimum atomic E-state index is -0.142. The minimum absolute atomic E-state index is 0.0362. The fourth-order valence-corrected chi connectivity index (χ4v) is 3.78. The van der Waals surface area contributed by atoms with Crippen molar-refractivity contribution >= 4 is 0 Å². The van der Waals surface area contributed by atoms with Gasteiger partial charge >= 0.3 is 0 Å². The molecule has 1 fully saturated rings. The van der Waals surface area contributed by atoms with Gasteiger partial charge in [-0.05, 0) is 51.7 Å². The summed E-state index contributed by atoms with van der Waals surface area (Å²) in [6.45, 7) is 11.3.